The number of nitrogens with one attached hydrogen (secondary N) is 1. The van der Waals surface area contributed by atoms with Crippen molar-refractivity contribution < 1.29 is 14.7 Å². The lowest BCUT2D eigenvalue weighted by molar-refractivity contribution is -0.144. The van der Waals surface area contributed by atoms with E-state index in [1.165, 1.54) is 0 Å². The zero-order chi connectivity index (χ0) is 13.8. The van der Waals surface area contributed by atoms with E-state index in [0.29, 0.717) is 13.0 Å². The molecule has 0 aromatic rings. The summed E-state index contributed by atoms with van der Waals surface area (Å²) in [6, 6.07) is -0.794. The number of carboxylic acids is 1. The highest BCUT2D eigenvalue weighted by molar-refractivity contribution is 5.84. The van der Waals surface area contributed by atoms with Crippen LogP contribution in [-0.4, -0.2) is 29.6 Å². The van der Waals surface area contributed by atoms with Crippen molar-refractivity contribution in [2.24, 2.45) is 17.1 Å². The van der Waals surface area contributed by atoms with Crippen LogP contribution in [0.1, 0.15) is 46.0 Å². The summed E-state index contributed by atoms with van der Waals surface area (Å²) < 4.78 is 0. The molecule has 0 radical (unpaired) electrons. The van der Waals surface area contributed by atoms with Gasteiger partial charge in [0.1, 0.15) is 6.04 Å². The van der Waals surface area contributed by atoms with Crippen molar-refractivity contribution in [3.63, 3.8) is 0 Å². The van der Waals surface area contributed by atoms with Crippen molar-refractivity contribution in [1.29, 1.82) is 0 Å². The summed E-state index contributed by atoms with van der Waals surface area (Å²) in [5.74, 6) is -1.22. The van der Waals surface area contributed by atoms with Crippen LogP contribution < -0.4 is 11.1 Å². The van der Waals surface area contributed by atoms with Crippen molar-refractivity contribution in [2.45, 2.75) is 52.0 Å². The summed E-state index contributed by atoms with van der Waals surface area (Å²) in [5.41, 5.74) is 5.62. The van der Waals surface area contributed by atoms with E-state index in [1.54, 1.807) is 0 Å². The molecule has 1 aliphatic rings. The maximum Gasteiger partial charge on any atom is 0.326 e. The van der Waals surface area contributed by atoms with Gasteiger partial charge in [-0.3, -0.25) is 4.79 Å². The van der Waals surface area contributed by atoms with Crippen LogP contribution >= 0.6 is 0 Å². The molecule has 0 bridgehead atoms. The SMILES string of the molecule is CCC(C)C(NC(=O)CC1(CN)CCC1)C(=O)O. The van der Waals surface area contributed by atoms with E-state index in [0.717, 1.165) is 25.7 Å². The van der Waals surface area contributed by atoms with Gasteiger partial charge in [-0.15, -0.1) is 0 Å². The highest BCUT2D eigenvalue weighted by atomic mass is 16.4. The van der Waals surface area contributed by atoms with Crippen LogP contribution in [-0.2, 0) is 9.59 Å². The van der Waals surface area contributed by atoms with Gasteiger partial charge in [-0.25, -0.2) is 4.79 Å². The topological polar surface area (TPSA) is 92.4 Å². The molecule has 4 N–H and O–H groups in total. The minimum Gasteiger partial charge on any atom is -0.480 e. The minimum atomic E-state index is -0.965. The van der Waals surface area contributed by atoms with Crippen molar-refractivity contribution in [3.05, 3.63) is 0 Å². The number of hydrogen-bond donors (Lipinski definition) is 3. The maximum atomic E-state index is 11.9. The molecule has 1 amide bonds. The Morgan fingerprint density at radius 3 is 2.39 bits per heavy atom. The van der Waals surface area contributed by atoms with Crippen LogP contribution in [0.15, 0.2) is 0 Å². The number of amides is 1. The van der Waals surface area contributed by atoms with E-state index in [4.69, 9.17) is 10.8 Å². The van der Waals surface area contributed by atoms with Gasteiger partial charge in [0.2, 0.25) is 5.91 Å². The fraction of sp³-hybridized carbons (Fsp3) is 0.846. The Kier molecular flexibility index (Phi) is 5.14. The highest BCUT2D eigenvalue weighted by Crippen LogP contribution is 2.42. The van der Waals surface area contributed by atoms with Crippen LogP contribution in [0, 0.1) is 11.3 Å². The lowest BCUT2D eigenvalue weighted by Gasteiger charge is -2.40. The number of rotatable bonds is 7. The third kappa shape index (κ3) is 3.45. The molecule has 0 aromatic heterocycles. The Labute approximate surface area is 108 Å². The molecular formula is C13H24N2O3. The number of carbonyl (C=O) groups excluding carboxylic acids is 1. The van der Waals surface area contributed by atoms with Crippen molar-refractivity contribution in [2.75, 3.05) is 6.54 Å². The van der Waals surface area contributed by atoms with Crippen molar-refractivity contribution in [1.82, 2.24) is 5.32 Å². The van der Waals surface area contributed by atoms with E-state index in [9.17, 15) is 9.59 Å². The van der Waals surface area contributed by atoms with Crippen LogP contribution in [0.3, 0.4) is 0 Å². The summed E-state index contributed by atoms with van der Waals surface area (Å²) in [4.78, 5) is 23.0. The zero-order valence-corrected chi connectivity index (χ0v) is 11.2. The van der Waals surface area contributed by atoms with E-state index in [2.05, 4.69) is 5.32 Å². The first-order valence-corrected chi connectivity index (χ1v) is 6.66. The standard InChI is InChI=1S/C13H24N2O3/c1-3-9(2)11(12(17)18)15-10(16)7-13(8-14)5-4-6-13/h9,11H,3-8,14H2,1-2H3,(H,15,16)(H,17,18). The number of nitrogens with two attached hydrogens (primary N) is 1. The summed E-state index contributed by atoms with van der Waals surface area (Å²) in [6.07, 6.45) is 4.12. The van der Waals surface area contributed by atoms with Gasteiger partial charge >= 0.3 is 5.97 Å². The Hall–Kier alpha value is -1.10. The minimum absolute atomic E-state index is 0.0679. The Balaban J connectivity index is 2.53. The lowest BCUT2D eigenvalue weighted by Crippen LogP contribution is -2.48. The number of carbonyl (C=O) groups is 2. The molecule has 2 unspecified atom stereocenters. The third-order valence-electron chi connectivity index (χ3n) is 4.18. The number of hydrogen-bond acceptors (Lipinski definition) is 3. The molecule has 0 aliphatic heterocycles. The second-order valence-electron chi connectivity index (χ2n) is 5.50. The zero-order valence-electron chi connectivity index (χ0n) is 11.2. The molecule has 18 heavy (non-hydrogen) atoms. The highest BCUT2D eigenvalue weighted by Gasteiger charge is 2.38. The molecule has 0 saturated heterocycles. The Bertz CT molecular complexity index is 308. The molecule has 0 heterocycles. The van der Waals surface area contributed by atoms with Crippen molar-refractivity contribution in [3.8, 4) is 0 Å². The van der Waals surface area contributed by atoms with E-state index >= 15 is 0 Å². The van der Waals surface area contributed by atoms with E-state index in [-0.39, 0.29) is 17.2 Å². The van der Waals surface area contributed by atoms with Crippen LogP contribution in [0.4, 0.5) is 0 Å². The smallest absolute Gasteiger partial charge is 0.326 e. The average Bonchev–Trinajstić information content (AvgIpc) is 2.29. The molecule has 0 spiro atoms. The van der Waals surface area contributed by atoms with E-state index in [1.807, 2.05) is 13.8 Å². The number of carboxylic acid groups (broad SMARTS) is 1. The fourth-order valence-electron chi connectivity index (χ4n) is 2.38. The van der Waals surface area contributed by atoms with Gasteiger partial charge in [-0.1, -0.05) is 26.7 Å². The van der Waals surface area contributed by atoms with Crippen LogP contribution in [0.2, 0.25) is 0 Å². The predicted molar refractivity (Wildman–Crippen MR) is 69.0 cm³/mol. The van der Waals surface area contributed by atoms with Crippen molar-refractivity contribution >= 4 is 11.9 Å². The van der Waals surface area contributed by atoms with Gasteiger partial charge in [0.15, 0.2) is 0 Å². The molecule has 104 valence electrons. The second-order valence-corrected chi connectivity index (χ2v) is 5.50. The normalized spacial score (nSPS) is 20.6. The fourth-order valence-corrected chi connectivity index (χ4v) is 2.38. The van der Waals surface area contributed by atoms with Gasteiger partial charge < -0.3 is 16.2 Å². The van der Waals surface area contributed by atoms with Gasteiger partial charge in [0, 0.05) is 6.42 Å². The molecular weight excluding hydrogens is 232 g/mol. The molecule has 5 nitrogen and oxygen atoms in total. The summed E-state index contributed by atoms with van der Waals surface area (Å²) >= 11 is 0. The van der Waals surface area contributed by atoms with Gasteiger partial charge in [-0.05, 0) is 30.7 Å². The first-order valence-electron chi connectivity index (χ1n) is 6.66. The molecule has 0 aromatic carbocycles. The molecule has 1 aliphatic carbocycles. The predicted octanol–water partition coefficient (Wildman–Crippen LogP) is 1.12. The average molecular weight is 256 g/mol. The quantitative estimate of drug-likeness (QED) is 0.636. The van der Waals surface area contributed by atoms with Gasteiger partial charge in [0.05, 0.1) is 0 Å². The molecule has 2 atom stereocenters. The lowest BCUT2D eigenvalue weighted by atomic mass is 9.66. The molecule has 1 fully saturated rings. The third-order valence-corrected chi connectivity index (χ3v) is 4.18. The van der Waals surface area contributed by atoms with E-state index < -0.39 is 12.0 Å². The first kappa shape index (κ1) is 15.0. The number of aliphatic carboxylic acids is 1. The van der Waals surface area contributed by atoms with Gasteiger partial charge in [-0.2, -0.15) is 0 Å². The summed E-state index contributed by atoms with van der Waals surface area (Å²) in [6.45, 7) is 4.25. The second kappa shape index (κ2) is 6.18. The molecule has 1 rings (SSSR count). The van der Waals surface area contributed by atoms with Gasteiger partial charge in [0.25, 0.3) is 0 Å². The Morgan fingerprint density at radius 2 is 2.06 bits per heavy atom. The maximum absolute atomic E-state index is 11.9. The van der Waals surface area contributed by atoms with Crippen LogP contribution in [0.25, 0.3) is 0 Å². The Morgan fingerprint density at radius 1 is 1.44 bits per heavy atom. The summed E-state index contributed by atoms with van der Waals surface area (Å²) in [5, 5.41) is 11.7. The molecule has 5 heteroatoms. The first-order chi connectivity index (χ1) is 8.44. The molecule has 1 saturated carbocycles. The largest absolute Gasteiger partial charge is 0.480 e. The monoisotopic (exact) mass is 256 g/mol. The van der Waals surface area contributed by atoms with Crippen LogP contribution in [0.5, 0.6) is 0 Å². The summed E-state index contributed by atoms with van der Waals surface area (Å²) in [7, 11) is 0.